The van der Waals surface area contributed by atoms with Crippen LogP contribution in [-0.2, 0) is 11.2 Å². The number of hydrogen-bond acceptors (Lipinski definition) is 2. The third-order valence-electron chi connectivity index (χ3n) is 2.53. The molecule has 1 N–H and O–H groups in total. The van der Waals surface area contributed by atoms with Crippen LogP contribution in [0.15, 0.2) is 22.7 Å². The van der Waals surface area contributed by atoms with Gasteiger partial charge in [0.2, 0.25) is 0 Å². The highest BCUT2D eigenvalue weighted by Gasteiger charge is 2.11. The number of halogens is 2. The molecule has 0 aliphatic heterocycles. The van der Waals surface area contributed by atoms with Gasteiger partial charge in [-0.2, -0.15) is 0 Å². The van der Waals surface area contributed by atoms with Crippen LogP contribution in [0.2, 0.25) is 0 Å². The Balaban J connectivity index is 2.63. The minimum Gasteiger partial charge on any atom is -0.377 e. The summed E-state index contributed by atoms with van der Waals surface area (Å²) in [7, 11) is 0. The molecule has 0 aromatic heterocycles. The van der Waals surface area contributed by atoms with Crippen LogP contribution in [0.5, 0.6) is 0 Å². The van der Waals surface area contributed by atoms with E-state index in [-0.39, 0.29) is 18.0 Å². The summed E-state index contributed by atoms with van der Waals surface area (Å²) in [5.41, 5.74) is 0.972. The molecule has 4 heteroatoms. The Morgan fingerprint density at radius 3 is 2.61 bits per heavy atom. The minimum atomic E-state index is -0.209. The van der Waals surface area contributed by atoms with Gasteiger partial charge in [-0.15, -0.1) is 0 Å². The average Bonchev–Trinajstić information content (AvgIpc) is 2.24. The molecule has 0 bridgehead atoms. The van der Waals surface area contributed by atoms with Crippen molar-refractivity contribution in [1.29, 1.82) is 0 Å². The molecule has 1 rings (SSSR count). The molecule has 0 saturated carbocycles. The third kappa shape index (κ3) is 5.94. The molecule has 2 nitrogen and oxygen atoms in total. The van der Waals surface area contributed by atoms with E-state index < -0.39 is 0 Å². The van der Waals surface area contributed by atoms with Crippen LogP contribution in [0.25, 0.3) is 0 Å². The van der Waals surface area contributed by atoms with Gasteiger partial charge in [0.05, 0.1) is 12.7 Å². The smallest absolute Gasteiger partial charge is 0.124 e. The topological polar surface area (TPSA) is 21.3 Å². The molecule has 1 aromatic carbocycles. The van der Waals surface area contributed by atoms with Crippen molar-refractivity contribution >= 4 is 15.9 Å². The summed E-state index contributed by atoms with van der Waals surface area (Å²) in [5, 5.41) is 3.36. The van der Waals surface area contributed by atoms with Crippen molar-refractivity contribution in [3.63, 3.8) is 0 Å². The Labute approximate surface area is 117 Å². The maximum absolute atomic E-state index is 13.3. The van der Waals surface area contributed by atoms with Gasteiger partial charge in [-0.25, -0.2) is 4.39 Å². The summed E-state index contributed by atoms with van der Waals surface area (Å²) < 4.78 is 19.7. The molecule has 102 valence electrons. The van der Waals surface area contributed by atoms with Gasteiger partial charge in [0.1, 0.15) is 5.82 Å². The number of benzene rings is 1. The van der Waals surface area contributed by atoms with E-state index in [1.54, 1.807) is 6.07 Å². The standard InChI is InChI=1S/C14H21BrFNO/c1-4-17-14(9-18-10(2)3)7-11-5-12(15)8-13(16)6-11/h5-6,8,10,14,17H,4,7,9H2,1-3H3. The van der Waals surface area contributed by atoms with Crippen molar-refractivity contribution in [3.05, 3.63) is 34.1 Å². The lowest BCUT2D eigenvalue weighted by Crippen LogP contribution is -2.36. The van der Waals surface area contributed by atoms with Crippen molar-refractivity contribution < 1.29 is 9.13 Å². The Hall–Kier alpha value is -0.450. The van der Waals surface area contributed by atoms with Crippen LogP contribution < -0.4 is 5.32 Å². The zero-order valence-corrected chi connectivity index (χ0v) is 12.8. The van der Waals surface area contributed by atoms with Gasteiger partial charge in [0.25, 0.3) is 0 Å². The predicted octanol–water partition coefficient (Wildman–Crippen LogP) is 3.53. The second-order valence-electron chi connectivity index (χ2n) is 4.62. The molecule has 18 heavy (non-hydrogen) atoms. The van der Waals surface area contributed by atoms with Crippen LogP contribution >= 0.6 is 15.9 Å². The first-order valence-corrected chi connectivity index (χ1v) is 7.10. The summed E-state index contributed by atoms with van der Waals surface area (Å²) in [6.07, 6.45) is 0.974. The van der Waals surface area contributed by atoms with Crippen LogP contribution in [0.3, 0.4) is 0 Å². The second-order valence-corrected chi connectivity index (χ2v) is 5.53. The fourth-order valence-electron chi connectivity index (χ4n) is 1.80. The zero-order valence-electron chi connectivity index (χ0n) is 11.2. The summed E-state index contributed by atoms with van der Waals surface area (Å²) in [5.74, 6) is -0.209. The van der Waals surface area contributed by atoms with Crippen molar-refractivity contribution in [2.45, 2.75) is 39.3 Å². The highest BCUT2D eigenvalue weighted by atomic mass is 79.9. The first kappa shape index (κ1) is 15.6. The first-order chi connectivity index (χ1) is 8.51. The van der Waals surface area contributed by atoms with Crippen molar-refractivity contribution in [1.82, 2.24) is 5.32 Å². The zero-order chi connectivity index (χ0) is 13.5. The molecule has 0 amide bonds. The normalized spacial score (nSPS) is 13.0. The predicted molar refractivity (Wildman–Crippen MR) is 76.4 cm³/mol. The van der Waals surface area contributed by atoms with Gasteiger partial charge in [0, 0.05) is 10.5 Å². The monoisotopic (exact) mass is 317 g/mol. The summed E-state index contributed by atoms with van der Waals surface area (Å²) in [6, 6.07) is 5.20. The van der Waals surface area contributed by atoms with Crippen LogP contribution in [0.1, 0.15) is 26.3 Å². The highest BCUT2D eigenvalue weighted by molar-refractivity contribution is 9.10. The van der Waals surface area contributed by atoms with Crippen molar-refractivity contribution in [2.24, 2.45) is 0 Å². The van der Waals surface area contributed by atoms with Crippen LogP contribution in [-0.4, -0.2) is 25.3 Å². The molecule has 0 spiro atoms. The van der Waals surface area contributed by atoms with Crippen LogP contribution in [0, 0.1) is 5.82 Å². The van der Waals surface area contributed by atoms with E-state index in [0.717, 1.165) is 23.0 Å². The molecule has 1 aromatic rings. The van der Waals surface area contributed by atoms with Crippen molar-refractivity contribution in [2.75, 3.05) is 13.2 Å². The van der Waals surface area contributed by atoms with Crippen molar-refractivity contribution in [3.8, 4) is 0 Å². The summed E-state index contributed by atoms with van der Waals surface area (Å²) in [6.45, 7) is 7.61. The van der Waals surface area contributed by atoms with Gasteiger partial charge in [-0.3, -0.25) is 0 Å². The lowest BCUT2D eigenvalue weighted by Gasteiger charge is -2.19. The van der Waals surface area contributed by atoms with E-state index in [4.69, 9.17) is 4.74 Å². The quantitative estimate of drug-likeness (QED) is 0.830. The van der Waals surface area contributed by atoms with Gasteiger partial charge >= 0.3 is 0 Å². The van der Waals surface area contributed by atoms with Gasteiger partial charge in [-0.05, 0) is 50.6 Å². The summed E-state index contributed by atoms with van der Waals surface area (Å²) in [4.78, 5) is 0. The largest absolute Gasteiger partial charge is 0.377 e. The van der Waals surface area contributed by atoms with Gasteiger partial charge < -0.3 is 10.1 Å². The lowest BCUT2D eigenvalue weighted by atomic mass is 10.1. The Morgan fingerprint density at radius 1 is 1.33 bits per heavy atom. The number of nitrogens with one attached hydrogen (secondary N) is 1. The second kappa shape index (κ2) is 7.87. The van der Waals surface area contributed by atoms with Gasteiger partial charge in [0.15, 0.2) is 0 Å². The molecular formula is C14H21BrFNO. The average molecular weight is 318 g/mol. The Morgan fingerprint density at radius 2 is 2.06 bits per heavy atom. The maximum Gasteiger partial charge on any atom is 0.124 e. The fraction of sp³-hybridized carbons (Fsp3) is 0.571. The lowest BCUT2D eigenvalue weighted by molar-refractivity contribution is 0.0616. The maximum atomic E-state index is 13.3. The fourth-order valence-corrected chi connectivity index (χ4v) is 2.31. The Kier molecular flexibility index (Phi) is 6.82. The van der Waals surface area contributed by atoms with E-state index in [1.165, 1.54) is 6.07 Å². The third-order valence-corrected chi connectivity index (χ3v) is 2.99. The van der Waals surface area contributed by atoms with E-state index in [9.17, 15) is 4.39 Å². The van der Waals surface area contributed by atoms with E-state index in [1.807, 2.05) is 19.9 Å². The van der Waals surface area contributed by atoms with E-state index in [0.29, 0.717) is 6.61 Å². The molecule has 0 fully saturated rings. The molecule has 1 atom stereocenters. The molecule has 0 saturated heterocycles. The molecule has 0 radical (unpaired) electrons. The number of likely N-dealkylation sites (N-methyl/N-ethyl adjacent to an activating group) is 1. The van der Waals surface area contributed by atoms with E-state index >= 15 is 0 Å². The first-order valence-electron chi connectivity index (χ1n) is 6.31. The van der Waals surface area contributed by atoms with Crippen LogP contribution in [0.4, 0.5) is 4.39 Å². The molecule has 1 unspecified atom stereocenters. The minimum absolute atomic E-state index is 0.209. The summed E-state index contributed by atoms with van der Waals surface area (Å²) >= 11 is 3.31. The van der Waals surface area contributed by atoms with E-state index in [2.05, 4.69) is 28.2 Å². The number of hydrogen-bond donors (Lipinski definition) is 1. The Bertz CT molecular complexity index is 351. The highest BCUT2D eigenvalue weighted by Crippen LogP contribution is 2.16. The number of rotatable bonds is 7. The molecule has 0 heterocycles. The molecule has 0 aliphatic carbocycles. The van der Waals surface area contributed by atoms with Gasteiger partial charge in [-0.1, -0.05) is 22.9 Å². The molecule has 0 aliphatic rings. The number of ether oxygens (including phenoxy) is 1. The molecular weight excluding hydrogens is 297 g/mol. The SMILES string of the molecule is CCNC(COC(C)C)Cc1cc(F)cc(Br)c1.